The van der Waals surface area contributed by atoms with Crippen molar-refractivity contribution < 1.29 is 13.2 Å². The molecule has 0 unspecified atom stereocenters. The Balaban J connectivity index is 1.52. The first kappa shape index (κ1) is 18.2. The van der Waals surface area contributed by atoms with Crippen molar-refractivity contribution >= 4 is 15.9 Å². The molecule has 6 heteroatoms. The summed E-state index contributed by atoms with van der Waals surface area (Å²) in [6.07, 6.45) is 2.99. The Kier molecular flexibility index (Phi) is 5.02. The van der Waals surface area contributed by atoms with Gasteiger partial charge in [0.15, 0.2) is 0 Å². The van der Waals surface area contributed by atoms with Crippen LogP contribution in [0.25, 0.3) is 0 Å². The van der Waals surface area contributed by atoms with Gasteiger partial charge in [-0.15, -0.1) is 0 Å². The van der Waals surface area contributed by atoms with E-state index >= 15 is 0 Å². The molecule has 4 rings (SSSR count). The second kappa shape index (κ2) is 7.44. The van der Waals surface area contributed by atoms with Gasteiger partial charge in [0.25, 0.3) is 0 Å². The highest BCUT2D eigenvalue weighted by Gasteiger charge is 2.29. The zero-order chi connectivity index (χ0) is 18.9. The summed E-state index contributed by atoms with van der Waals surface area (Å²) in [4.78, 5) is 14.9. The first-order valence-corrected chi connectivity index (χ1v) is 10.9. The van der Waals surface area contributed by atoms with Gasteiger partial charge in [0, 0.05) is 26.2 Å². The molecule has 2 aliphatic heterocycles. The number of carbonyl (C=O) groups excluding carboxylic acids is 1. The lowest BCUT2D eigenvalue weighted by Crippen LogP contribution is -2.37. The van der Waals surface area contributed by atoms with Crippen molar-refractivity contribution in [2.75, 3.05) is 19.6 Å². The Morgan fingerprint density at radius 3 is 2.41 bits per heavy atom. The quantitative estimate of drug-likeness (QED) is 0.814. The SMILES string of the molecule is O=C(Cc1ccccc1)N1CCc2ccc(S(=O)(=O)N3CCCC3)cc2C1. The molecule has 0 saturated carbocycles. The molecular formula is C21H24N2O3S. The van der Waals surface area contributed by atoms with Crippen molar-refractivity contribution in [3.63, 3.8) is 0 Å². The van der Waals surface area contributed by atoms with Gasteiger partial charge >= 0.3 is 0 Å². The van der Waals surface area contributed by atoms with Crippen LogP contribution >= 0.6 is 0 Å². The van der Waals surface area contributed by atoms with Gasteiger partial charge in [-0.05, 0) is 48.1 Å². The average Bonchev–Trinajstić information content (AvgIpc) is 3.23. The number of hydrogen-bond acceptors (Lipinski definition) is 3. The Morgan fingerprint density at radius 1 is 0.926 bits per heavy atom. The lowest BCUT2D eigenvalue weighted by molar-refractivity contribution is -0.131. The summed E-state index contributed by atoms with van der Waals surface area (Å²) in [6.45, 7) is 2.35. The highest BCUT2D eigenvalue weighted by atomic mass is 32.2. The Bertz CT molecular complexity index is 935. The van der Waals surface area contributed by atoms with Gasteiger partial charge in [0.05, 0.1) is 11.3 Å². The minimum absolute atomic E-state index is 0.0830. The van der Waals surface area contributed by atoms with E-state index in [1.165, 1.54) is 0 Å². The monoisotopic (exact) mass is 384 g/mol. The molecule has 2 heterocycles. The fourth-order valence-corrected chi connectivity index (χ4v) is 5.43. The second-order valence-electron chi connectivity index (χ2n) is 7.27. The summed E-state index contributed by atoms with van der Waals surface area (Å²) in [5, 5.41) is 0. The van der Waals surface area contributed by atoms with Crippen LogP contribution in [0.1, 0.15) is 29.5 Å². The lowest BCUT2D eigenvalue weighted by atomic mass is 9.99. The summed E-state index contributed by atoms with van der Waals surface area (Å²) in [7, 11) is -3.43. The van der Waals surface area contributed by atoms with Gasteiger partial charge in [-0.25, -0.2) is 8.42 Å². The van der Waals surface area contributed by atoms with Crippen LogP contribution in [-0.2, 0) is 34.2 Å². The summed E-state index contributed by atoms with van der Waals surface area (Å²) in [5.74, 6) is 0.0830. The first-order chi connectivity index (χ1) is 13.0. The van der Waals surface area contributed by atoms with E-state index in [2.05, 4.69) is 0 Å². The molecule has 142 valence electrons. The maximum atomic E-state index is 12.8. The number of hydrogen-bond donors (Lipinski definition) is 0. The molecule has 0 radical (unpaired) electrons. The predicted octanol–water partition coefficient (Wildman–Crippen LogP) is 2.60. The van der Waals surface area contributed by atoms with E-state index in [1.807, 2.05) is 41.3 Å². The van der Waals surface area contributed by atoms with Crippen molar-refractivity contribution in [2.24, 2.45) is 0 Å². The summed E-state index contributed by atoms with van der Waals surface area (Å²) in [5.41, 5.74) is 3.08. The van der Waals surface area contributed by atoms with Gasteiger partial charge in [-0.2, -0.15) is 4.31 Å². The zero-order valence-corrected chi connectivity index (χ0v) is 16.1. The molecule has 5 nitrogen and oxygen atoms in total. The molecule has 0 bridgehead atoms. The molecule has 2 aromatic rings. The molecule has 0 aliphatic carbocycles. The van der Waals surface area contributed by atoms with E-state index in [-0.39, 0.29) is 5.91 Å². The van der Waals surface area contributed by atoms with E-state index in [0.717, 1.165) is 36.0 Å². The first-order valence-electron chi connectivity index (χ1n) is 9.48. The van der Waals surface area contributed by atoms with Crippen molar-refractivity contribution in [1.29, 1.82) is 0 Å². The molecule has 0 N–H and O–H groups in total. The standard InChI is InChI=1S/C21H24N2O3S/c24-21(14-17-6-2-1-3-7-17)22-13-10-18-8-9-20(15-19(18)16-22)27(25,26)23-11-4-5-12-23/h1-3,6-9,15H,4-5,10-14,16H2. The fourth-order valence-electron chi connectivity index (χ4n) is 3.87. The smallest absolute Gasteiger partial charge is 0.243 e. The van der Waals surface area contributed by atoms with Gasteiger partial charge in [0.2, 0.25) is 15.9 Å². The number of sulfonamides is 1. The van der Waals surface area contributed by atoms with Crippen LogP contribution in [0.2, 0.25) is 0 Å². The Hall–Kier alpha value is -2.18. The number of carbonyl (C=O) groups is 1. The van der Waals surface area contributed by atoms with Gasteiger partial charge < -0.3 is 4.90 Å². The molecular weight excluding hydrogens is 360 g/mol. The predicted molar refractivity (Wildman–Crippen MR) is 104 cm³/mol. The molecule has 1 fully saturated rings. The summed E-state index contributed by atoms with van der Waals surface area (Å²) in [6, 6.07) is 15.1. The zero-order valence-electron chi connectivity index (χ0n) is 15.3. The second-order valence-corrected chi connectivity index (χ2v) is 9.21. The summed E-state index contributed by atoms with van der Waals surface area (Å²) >= 11 is 0. The molecule has 2 aliphatic rings. The number of nitrogens with zero attached hydrogens (tertiary/aromatic N) is 2. The fraction of sp³-hybridized carbons (Fsp3) is 0.381. The number of fused-ring (bicyclic) bond motifs is 1. The average molecular weight is 385 g/mol. The third kappa shape index (κ3) is 3.77. The largest absolute Gasteiger partial charge is 0.338 e. The van der Waals surface area contributed by atoms with Gasteiger partial charge in [-0.1, -0.05) is 36.4 Å². The Morgan fingerprint density at radius 2 is 1.67 bits per heavy atom. The minimum atomic E-state index is -3.43. The lowest BCUT2D eigenvalue weighted by Gasteiger charge is -2.29. The third-order valence-corrected chi connectivity index (χ3v) is 7.34. The van der Waals surface area contributed by atoms with E-state index in [4.69, 9.17) is 0 Å². The third-order valence-electron chi connectivity index (χ3n) is 5.44. The van der Waals surface area contributed by atoms with Crippen LogP contribution in [-0.4, -0.2) is 43.2 Å². The molecule has 0 atom stereocenters. The van der Waals surface area contributed by atoms with Crippen LogP contribution in [0.4, 0.5) is 0 Å². The molecule has 0 aromatic heterocycles. The Labute approximate surface area is 160 Å². The minimum Gasteiger partial charge on any atom is -0.338 e. The molecule has 1 amide bonds. The molecule has 27 heavy (non-hydrogen) atoms. The highest BCUT2D eigenvalue weighted by Crippen LogP contribution is 2.26. The van der Waals surface area contributed by atoms with Crippen LogP contribution < -0.4 is 0 Å². The van der Waals surface area contributed by atoms with Crippen molar-refractivity contribution in [3.05, 3.63) is 65.2 Å². The van der Waals surface area contributed by atoms with E-state index in [1.54, 1.807) is 16.4 Å². The maximum absolute atomic E-state index is 12.8. The van der Waals surface area contributed by atoms with Crippen LogP contribution in [0.3, 0.4) is 0 Å². The normalized spacial score (nSPS) is 17.7. The summed E-state index contributed by atoms with van der Waals surface area (Å²) < 4.78 is 27.2. The van der Waals surface area contributed by atoms with Gasteiger partial charge in [0.1, 0.15) is 0 Å². The molecule has 2 aromatic carbocycles. The molecule has 0 spiro atoms. The van der Waals surface area contributed by atoms with Crippen LogP contribution in [0.5, 0.6) is 0 Å². The highest BCUT2D eigenvalue weighted by molar-refractivity contribution is 7.89. The van der Waals surface area contributed by atoms with Crippen LogP contribution in [0.15, 0.2) is 53.4 Å². The molecule has 1 saturated heterocycles. The topological polar surface area (TPSA) is 57.7 Å². The van der Waals surface area contributed by atoms with E-state index in [0.29, 0.717) is 37.5 Å². The maximum Gasteiger partial charge on any atom is 0.243 e. The number of benzene rings is 2. The van der Waals surface area contributed by atoms with Crippen molar-refractivity contribution in [3.8, 4) is 0 Å². The van der Waals surface area contributed by atoms with E-state index < -0.39 is 10.0 Å². The van der Waals surface area contributed by atoms with E-state index in [9.17, 15) is 13.2 Å². The number of rotatable bonds is 4. The van der Waals surface area contributed by atoms with Crippen LogP contribution in [0, 0.1) is 0 Å². The number of amides is 1. The van der Waals surface area contributed by atoms with Gasteiger partial charge in [-0.3, -0.25) is 4.79 Å². The van der Waals surface area contributed by atoms with Crippen molar-refractivity contribution in [1.82, 2.24) is 9.21 Å². The van der Waals surface area contributed by atoms with Crippen molar-refractivity contribution in [2.45, 2.75) is 37.1 Å².